The fourth-order valence-corrected chi connectivity index (χ4v) is 4.02. The fourth-order valence-electron chi connectivity index (χ4n) is 3.16. The minimum absolute atomic E-state index is 0.283. The number of sulfonamides is 1. The van der Waals surface area contributed by atoms with Crippen LogP contribution in [0.3, 0.4) is 0 Å². The molecule has 0 spiro atoms. The molecular formula is C19H30N2O6S. The molecule has 8 nitrogen and oxygen atoms in total. The molecule has 0 bridgehead atoms. The molecule has 1 N–H and O–H groups in total. The molecule has 28 heavy (non-hydrogen) atoms. The van der Waals surface area contributed by atoms with Crippen LogP contribution in [0.1, 0.15) is 32.1 Å². The van der Waals surface area contributed by atoms with E-state index in [9.17, 15) is 13.2 Å². The van der Waals surface area contributed by atoms with Crippen molar-refractivity contribution in [1.82, 2.24) is 5.32 Å². The van der Waals surface area contributed by atoms with Crippen LogP contribution in [-0.4, -0.2) is 60.6 Å². The van der Waals surface area contributed by atoms with Crippen LogP contribution in [0.2, 0.25) is 0 Å². The summed E-state index contributed by atoms with van der Waals surface area (Å²) >= 11 is 0. The lowest BCUT2D eigenvalue weighted by molar-refractivity contribution is -0.119. The average Bonchev–Trinajstić information content (AvgIpc) is 3.18. The van der Waals surface area contributed by atoms with Gasteiger partial charge in [0.2, 0.25) is 15.9 Å². The van der Waals surface area contributed by atoms with Crippen LogP contribution in [0.25, 0.3) is 0 Å². The van der Waals surface area contributed by atoms with Gasteiger partial charge in [0.1, 0.15) is 18.0 Å². The number of nitrogens with one attached hydrogen (secondary N) is 1. The van der Waals surface area contributed by atoms with Gasteiger partial charge in [0, 0.05) is 19.2 Å². The Bertz CT molecular complexity index is 747. The molecule has 1 aliphatic carbocycles. The first kappa shape index (κ1) is 22.3. The van der Waals surface area contributed by atoms with Gasteiger partial charge in [-0.2, -0.15) is 0 Å². The van der Waals surface area contributed by atoms with Gasteiger partial charge in [0.05, 0.1) is 32.3 Å². The van der Waals surface area contributed by atoms with Crippen LogP contribution in [0, 0.1) is 0 Å². The number of rotatable bonds is 11. The summed E-state index contributed by atoms with van der Waals surface area (Å²) in [6.07, 6.45) is 6.75. The number of hydrogen-bond donors (Lipinski definition) is 1. The zero-order valence-corrected chi connectivity index (χ0v) is 17.6. The van der Waals surface area contributed by atoms with E-state index in [4.69, 9.17) is 14.2 Å². The predicted molar refractivity (Wildman–Crippen MR) is 108 cm³/mol. The summed E-state index contributed by atoms with van der Waals surface area (Å²) in [7, 11) is -0.744. The van der Waals surface area contributed by atoms with E-state index in [2.05, 4.69) is 5.32 Å². The van der Waals surface area contributed by atoms with Crippen LogP contribution in [0.5, 0.6) is 11.5 Å². The lowest BCUT2D eigenvalue weighted by Crippen LogP contribution is -2.41. The molecule has 1 aromatic carbocycles. The first-order valence-electron chi connectivity index (χ1n) is 9.43. The van der Waals surface area contributed by atoms with Gasteiger partial charge >= 0.3 is 0 Å². The van der Waals surface area contributed by atoms with Crippen molar-refractivity contribution in [2.45, 2.75) is 38.2 Å². The van der Waals surface area contributed by atoms with E-state index in [0.29, 0.717) is 37.2 Å². The van der Waals surface area contributed by atoms with Gasteiger partial charge in [0.15, 0.2) is 0 Å². The highest BCUT2D eigenvalue weighted by Crippen LogP contribution is 2.33. The Morgan fingerprint density at radius 3 is 2.54 bits per heavy atom. The fraction of sp³-hybridized carbons (Fsp3) is 0.632. The topological polar surface area (TPSA) is 94.2 Å². The van der Waals surface area contributed by atoms with Crippen LogP contribution >= 0.6 is 0 Å². The van der Waals surface area contributed by atoms with Crippen LogP contribution in [-0.2, 0) is 19.6 Å². The molecule has 1 aromatic rings. The number of amides is 1. The molecule has 2 rings (SSSR count). The summed E-state index contributed by atoms with van der Waals surface area (Å²) in [5, 5.41) is 2.75. The van der Waals surface area contributed by atoms with Crippen LogP contribution in [0.4, 0.5) is 5.69 Å². The molecule has 9 heteroatoms. The highest BCUT2D eigenvalue weighted by molar-refractivity contribution is 7.92. The summed E-state index contributed by atoms with van der Waals surface area (Å²) in [6, 6.07) is 4.75. The zero-order valence-electron chi connectivity index (χ0n) is 16.8. The first-order valence-corrected chi connectivity index (χ1v) is 11.3. The summed E-state index contributed by atoms with van der Waals surface area (Å²) in [5.74, 6) is 0.451. The molecule has 158 valence electrons. The number of hydrogen-bond acceptors (Lipinski definition) is 6. The Hall–Kier alpha value is -2.00. The van der Waals surface area contributed by atoms with Crippen molar-refractivity contribution >= 4 is 21.6 Å². The Morgan fingerprint density at radius 1 is 1.21 bits per heavy atom. The van der Waals surface area contributed by atoms with Gasteiger partial charge in [-0.1, -0.05) is 12.8 Å². The number of benzene rings is 1. The summed E-state index contributed by atoms with van der Waals surface area (Å²) in [4.78, 5) is 12.3. The maximum absolute atomic E-state index is 12.3. The number of carbonyl (C=O) groups is 1. The minimum Gasteiger partial charge on any atom is -0.497 e. The smallest absolute Gasteiger partial charge is 0.240 e. The second kappa shape index (κ2) is 10.5. The molecular weight excluding hydrogens is 384 g/mol. The molecule has 1 aliphatic rings. The molecule has 0 atom stereocenters. The molecule has 0 aromatic heterocycles. The zero-order chi connectivity index (χ0) is 20.6. The van der Waals surface area contributed by atoms with Gasteiger partial charge < -0.3 is 19.5 Å². The lowest BCUT2D eigenvalue weighted by Gasteiger charge is -2.24. The van der Waals surface area contributed by atoms with Crippen molar-refractivity contribution in [3.63, 3.8) is 0 Å². The van der Waals surface area contributed by atoms with Gasteiger partial charge in [-0.15, -0.1) is 0 Å². The second-order valence-corrected chi connectivity index (χ2v) is 8.69. The predicted octanol–water partition coefficient (Wildman–Crippen LogP) is 1.94. The third-order valence-electron chi connectivity index (χ3n) is 4.64. The van der Waals surface area contributed by atoms with Gasteiger partial charge in [-0.3, -0.25) is 9.10 Å². The average molecular weight is 415 g/mol. The van der Waals surface area contributed by atoms with Crippen molar-refractivity contribution in [3.05, 3.63) is 18.2 Å². The highest BCUT2D eigenvalue weighted by Gasteiger charge is 2.24. The molecule has 0 saturated heterocycles. The van der Waals surface area contributed by atoms with E-state index < -0.39 is 10.0 Å². The molecule has 0 unspecified atom stereocenters. The maximum atomic E-state index is 12.3. The van der Waals surface area contributed by atoms with Gasteiger partial charge in [0.25, 0.3) is 0 Å². The normalized spacial score (nSPS) is 14.7. The number of nitrogens with zero attached hydrogens (tertiary/aromatic N) is 1. The van der Waals surface area contributed by atoms with Gasteiger partial charge in [-0.05, 0) is 31.4 Å². The van der Waals surface area contributed by atoms with Crippen LogP contribution in [0.15, 0.2) is 18.2 Å². The largest absolute Gasteiger partial charge is 0.497 e. The number of anilines is 1. The van der Waals surface area contributed by atoms with Gasteiger partial charge in [-0.25, -0.2) is 8.42 Å². The first-order chi connectivity index (χ1) is 13.3. The maximum Gasteiger partial charge on any atom is 0.240 e. The lowest BCUT2D eigenvalue weighted by atomic mass is 10.2. The number of ether oxygens (including phenoxy) is 3. The molecule has 0 radical (unpaired) electrons. The van der Waals surface area contributed by atoms with E-state index in [1.165, 1.54) is 27.1 Å². The minimum atomic E-state index is -3.68. The summed E-state index contributed by atoms with van der Waals surface area (Å²) in [6.45, 7) is 0.695. The summed E-state index contributed by atoms with van der Waals surface area (Å²) < 4.78 is 41.7. The highest BCUT2D eigenvalue weighted by atomic mass is 32.2. The van der Waals surface area contributed by atoms with E-state index in [1.54, 1.807) is 18.2 Å². The molecule has 1 saturated carbocycles. The Kier molecular flexibility index (Phi) is 8.37. The third-order valence-corrected chi connectivity index (χ3v) is 5.77. The monoisotopic (exact) mass is 414 g/mol. The van der Waals surface area contributed by atoms with E-state index >= 15 is 0 Å². The van der Waals surface area contributed by atoms with Crippen molar-refractivity contribution in [2.24, 2.45) is 0 Å². The number of carbonyl (C=O) groups excluding carboxylic acids is 1. The molecule has 0 aliphatic heterocycles. The molecule has 1 fully saturated rings. The summed E-state index contributed by atoms with van der Waals surface area (Å²) in [5.41, 5.74) is 0.283. The number of methoxy groups -OCH3 is 2. The second-order valence-electron chi connectivity index (χ2n) is 6.79. The Labute approximate surface area is 167 Å². The van der Waals surface area contributed by atoms with Crippen molar-refractivity contribution < 1.29 is 27.4 Å². The van der Waals surface area contributed by atoms with Crippen molar-refractivity contribution in [2.75, 3.05) is 44.5 Å². The standard InChI is InChI=1S/C19H30N2O6S/c1-25-16-9-10-17(18(13-16)26-2)21(28(3,23)24)14-19(22)20-11-6-12-27-15-7-4-5-8-15/h9-10,13,15H,4-8,11-12,14H2,1-3H3,(H,20,22). The van der Waals surface area contributed by atoms with E-state index in [1.807, 2.05) is 0 Å². The molecule has 1 amide bonds. The van der Waals surface area contributed by atoms with Crippen LogP contribution < -0.4 is 19.1 Å². The van der Waals surface area contributed by atoms with Crippen molar-refractivity contribution in [3.8, 4) is 11.5 Å². The Balaban J connectivity index is 1.92. The third kappa shape index (κ3) is 6.56. The van der Waals surface area contributed by atoms with Crippen molar-refractivity contribution in [1.29, 1.82) is 0 Å². The van der Waals surface area contributed by atoms with E-state index in [-0.39, 0.29) is 18.1 Å². The quantitative estimate of drug-likeness (QED) is 0.556. The molecule has 0 heterocycles. The SMILES string of the molecule is COc1ccc(N(CC(=O)NCCCOC2CCCC2)S(C)(=O)=O)c(OC)c1. The van der Waals surface area contributed by atoms with E-state index in [0.717, 1.165) is 23.4 Å². The Morgan fingerprint density at radius 2 is 1.93 bits per heavy atom.